The highest BCUT2D eigenvalue weighted by Gasteiger charge is 1.80. The topological polar surface area (TPSA) is 0 Å². The van der Waals surface area contributed by atoms with Gasteiger partial charge in [-0.05, 0) is 12.5 Å². The molecule has 0 saturated heterocycles. The Hall–Kier alpha value is -0.660. The lowest BCUT2D eigenvalue weighted by Crippen LogP contribution is -1.56. The van der Waals surface area contributed by atoms with Crippen molar-refractivity contribution in [1.82, 2.24) is 0 Å². The van der Waals surface area contributed by atoms with Gasteiger partial charge in [-0.15, -0.1) is 6.58 Å². The molecule has 0 aliphatic carbocycles. The van der Waals surface area contributed by atoms with Crippen molar-refractivity contribution in [2.24, 2.45) is 0 Å². The predicted octanol–water partition coefficient (Wildman–Crippen LogP) is 2.34. The molecule has 0 aromatic heterocycles. The summed E-state index contributed by atoms with van der Waals surface area (Å²) in [5, 5.41) is 0. The average Bonchev–Trinajstić information content (AvgIpc) is 1.61. The largest absolute Gasteiger partial charge is 0.266 e. The van der Waals surface area contributed by atoms with E-state index in [1.807, 2.05) is 0 Å². The molecule has 0 heterocycles. The van der Waals surface area contributed by atoms with Crippen molar-refractivity contribution in [3.8, 4) is 0 Å². The van der Waals surface area contributed by atoms with E-state index in [2.05, 4.69) is 6.58 Å². The fourth-order valence-corrected chi connectivity index (χ4v) is 0.172. The summed E-state index contributed by atoms with van der Waals surface area (Å²) < 4.78 is 22.1. The summed E-state index contributed by atoms with van der Waals surface area (Å²) in [6, 6.07) is 0. The first-order valence-electron chi connectivity index (χ1n) is 1.89. The zero-order valence-corrected chi connectivity index (χ0v) is 3.82. The molecule has 0 unspecified atom stereocenters. The van der Waals surface area contributed by atoms with Gasteiger partial charge in [0.05, 0.1) is 0 Å². The molecule has 0 aliphatic heterocycles. The Morgan fingerprint density at radius 3 is 2.29 bits per heavy atom. The smallest absolute Gasteiger partial charge is 0.174 e. The molecule has 0 atom stereocenters. The summed E-state index contributed by atoms with van der Waals surface area (Å²) in [4.78, 5) is 0. The number of hydrogen-bond acceptors (Lipinski definition) is 0. The van der Waals surface area contributed by atoms with Gasteiger partial charge in [0.1, 0.15) is 0 Å². The van der Waals surface area contributed by atoms with Crippen LogP contribution in [0, 0.1) is 0 Å². The Morgan fingerprint density at radius 1 is 1.57 bits per heavy atom. The van der Waals surface area contributed by atoms with Gasteiger partial charge in [0.25, 0.3) is 6.08 Å². The van der Waals surface area contributed by atoms with Crippen molar-refractivity contribution < 1.29 is 8.78 Å². The highest BCUT2D eigenvalue weighted by molar-refractivity contribution is 4.87. The number of allylic oxidation sites excluding steroid dienone is 2. The molecule has 0 saturated carbocycles. The van der Waals surface area contributed by atoms with Crippen LogP contribution in [0.1, 0.15) is 6.42 Å². The minimum Gasteiger partial charge on any atom is -0.174 e. The summed E-state index contributed by atoms with van der Waals surface area (Å²) in [5.41, 5.74) is 0. The second-order valence-electron chi connectivity index (χ2n) is 1.02. The molecular weight excluding hydrogens is 98.1 g/mol. The van der Waals surface area contributed by atoms with Crippen molar-refractivity contribution in [2.75, 3.05) is 0 Å². The fourth-order valence-electron chi connectivity index (χ4n) is 0.172. The van der Waals surface area contributed by atoms with Gasteiger partial charge in [-0.2, -0.15) is 8.78 Å². The van der Waals surface area contributed by atoms with E-state index in [4.69, 9.17) is 0 Å². The van der Waals surface area contributed by atoms with E-state index in [1.54, 1.807) is 0 Å². The van der Waals surface area contributed by atoms with E-state index in [0.29, 0.717) is 0 Å². The Balaban J connectivity index is 3.25. The van der Waals surface area contributed by atoms with Gasteiger partial charge in [-0.3, -0.25) is 0 Å². The maximum absolute atomic E-state index is 11.0. The van der Waals surface area contributed by atoms with Crippen LogP contribution in [0.3, 0.4) is 0 Å². The minimum atomic E-state index is -1.64. The SMILES string of the molecule is C=CCC=C(F)F. The fraction of sp³-hybridized carbons (Fsp3) is 0.200. The number of hydrogen-bond donors (Lipinski definition) is 0. The van der Waals surface area contributed by atoms with Crippen LogP contribution in [-0.2, 0) is 0 Å². The van der Waals surface area contributed by atoms with Gasteiger partial charge < -0.3 is 0 Å². The molecule has 0 aromatic carbocycles. The molecule has 0 aromatic rings. The van der Waals surface area contributed by atoms with E-state index in [0.717, 1.165) is 6.08 Å². The molecule has 0 radical (unpaired) electrons. The second-order valence-corrected chi connectivity index (χ2v) is 1.02. The molecular formula is C5H6F2. The van der Waals surface area contributed by atoms with Gasteiger partial charge in [0.15, 0.2) is 0 Å². The van der Waals surface area contributed by atoms with E-state index in [1.165, 1.54) is 6.08 Å². The molecule has 7 heavy (non-hydrogen) atoms. The van der Waals surface area contributed by atoms with Crippen LogP contribution in [0.4, 0.5) is 8.78 Å². The van der Waals surface area contributed by atoms with Crippen LogP contribution in [0.15, 0.2) is 24.8 Å². The molecule has 0 aliphatic rings. The maximum Gasteiger partial charge on any atom is 0.266 e. The molecule has 2 heteroatoms. The standard InChI is InChI=1S/C5H6F2/c1-2-3-4-5(6)7/h2,4H,1,3H2. The second kappa shape index (κ2) is 3.53. The first kappa shape index (κ1) is 6.34. The van der Waals surface area contributed by atoms with Crippen LogP contribution >= 0.6 is 0 Å². The molecule has 0 amide bonds. The van der Waals surface area contributed by atoms with Gasteiger partial charge in [-0.1, -0.05) is 6.08 Å². The molecule has 0 nitrogen and oxygen atoms in total. The maximum atomic E-state index is 11.0. The third kappa shape index (κ3) is 5.34. The summed E-state index contributed by atoms with van der Waals surface area (Å²) >= 11 is 0. The highest BCUT2D eigenvalue weighted by Crippen LogP contribution is 1.97. The molecule has 0 bridgehead atoms. The van der Waals surface area contributed by atoms with E-state index in [9.17, 15) is 8.78 Å². The van der Waals surface area contributed by atoms with Crippen molar-refractivity contribution in [3.63, 3.8) is 0 Å². The van der Waals surface area contributed by atoms with Crippen LogP contribution < -0.4 is 0 Å². The third-order valence-electron chi connectivity index (χ3n) is 0.439. The number of rotatable bonds is 2. The summed E-state index contributed by atoms with van der Waals surface area (Å²) in [5.74, 6) is 0. The zero-order valence-electron chi connectivity index (χ0n) is 3.82. The third-order valence-corrected chi connectivity index (χ3v) is 0.439. The highest BCUT2D eigenvalue weighted by atomic mass is 19.3. The Kier molecular flexibility index (Phi) is 3.19. The van der Waals surface area contributed by atoms with Crippen molar-refractivity contribution >= 4 is 0 Å². The average molecular weight is 104 g/mol. The molecule has 0 N–H and O–H groups in total. The minimum absolute atomic E-state index is 0.252. The predicted molar refractivity (Wildman–Crippen MR) is 25.1 cm³/mol. The van der Waals surface area contributed by atoms with Crippen LogP contribution in [0.2, 0.25) is 0 Å². The van der Waals surface area contributed by atoms with Gasteiger partial charge in [-0.25, -0.2) is 0 Å². The normalized spacial score (nSPS) is 7.71. The van der Waals surface area contributed by atoms with Crippen molar-refractivity contribution in [3.05, 3.63) is 24.8 Å². The lowest BCUT2D eigenvalue weighted by Gasteiger charge is -1.73. The van der Waals surface area contributed by atoms with Gasteiger partial charge in [0.2, 0.25) is 0 Å². The Bertz CT molecular complexity index is 80.1. The Morgan fingerprint density at radius 2 is 2.14 bits per heavy atom. The summed E-state index contributed by atoms with van der Waals surface area (Å²) in [6.45, 7) is 3.25. The lowest BCUT2D eigenvalue weighted by molar-refractivity contribution is 0.419. The van der Waals surface area contributed by atoms with E-state index in [-0.39, 0.29) is 6.42 Å². The van der Waals surface area contributed by atoms with Gasteiger partial charge >= 0.3 is 0 Å². The van der Waals surface area contributed by atoms with Crippen LogP contribution in [-0.4, -0.2) is 0 Å². The summed E-state index contributed by atoms with van der Waals surface area (Å²) in [6.07, 6.45) is 0.842. The van der Waals surface area contributed by atoms with Crippen LogP contribution in [0.25, 0.3) is 0 Å². The lowest BCUT2D eigenvalue weighted by atomic mass is 10.4. The first-order valence-corrected chi connectivity index (χ1v) is 1.89. The monoisotopic (exact) mass is 104 g/mol. The van der Waals surface area contributed by atoms with E-state index >= 15 is 0 Å². The molecule has 0 fully saturated rings. The van der Waals surface area contributed by atoms with Gasteiger partial charge in [0, 0.05) is 0 Å². The van der Waals surface area contributed by atoms with Crippen LogP contribution in [0.5, 0.6) is 0 Å². The number of halogens is 2. The zero-order chi connectivity index (χ0) is 5.70. The summed E-state index contributed by atoms with van der Waals surface area (Å²) in [7, 11) is 0. The van der Waals surface area contributed by atoms with E-state index < -0.39 is 6.08 Å². The quantitative estimate of drug-likeness (QED) is 0.471. The first-order chi connectivity index (χ1) is 3.27. The molecule has 40 valence electrons. The van der Waals surface area contributed by atoms with Crippen molar-refractivity contribution in [2.45, 2.75) is 6.42 Å². The Labute approximate surface area is 41.2 Å². The molecule has 0 rings (SSSR count). The van der Waals surface area contributed by atoms with Crippen molar-refractivity contribution in [1.29, 1.82) is 0 Å². The molecule has 0 spiro atoms.